The molecule has 0 atom stereocenters. The van der Waals surface area contributed by atoms with Gasteiger partial charge in [-0.1, -0.05) is 218 Å². The topological polar surface area (TPSA) is 12.5 Å². The molecule has 0 fully saturated rings. The van der Waals surface area contributed by atoms with Crippen molar-refractivity contribution in [2.45, 2.75) is 20.6 Å². The first-order chi connectivity index (χ1) is 35.2. The molecular weight excluding hydrogens is 879 g/mol. The zero-order valence-corrected chi connectivity index (χ0v) is 39.4. The molecule has 4 aliphatic rings. The van der Waals surface area contributed by atoms with Crippen LogP contribution in [-0.4, -0.2) is 0 Å². The van der Waals surface area contributed by atoms with Crippen LogP contribution in [0.3, 0.4) is 0 Å². The lowest BCUT2D eigenvalue weighted by molar-refractivity contribution is 0.436. The Morgan fingerprint density at radius 3 is 1.38 bits per heavy atom. The lowest BCUT2D eigenvalue weighted by atomic mass is 9.66. The van der Waals surface area contributed by atoms with Gasteiger partial charge < -0.3 is 9.64 Å². The van der Waals surface area contributed by atoms with E-state index in [1.54, 1.807) is 0 Å². The number of nitrogens with zero attached hydrogens (tertiary/aromatic N) is 1. The highest BCUT2D eigenvalue weighted by Crippen LogP contribution is 2.65. The Labute approximate surface area is 418 Å². The van der Waals surface area contributed by atoms with Crippen molar-refractivity contribution in [3.8, 4) is 56.0 Å². The van der Waals surface area contributed by atoms with Crippen molar-refractivity contribution < 1.29 is 4.74 Å². The number of para-hydroxylation sites is 3. The third kappa shape index (κ3) is 5.61. The summed E-state index contributed by atoms with van der Waals surface area (Å²) < 4.78 is 6.76. The van der Waals surface area contributed by atoms with Crippen LogP contribution in [0.5, 0.6) is 11.5 Å². The number of ether oxygens (including phenoxy) is 1. The molecule has 332 valence electrons. The number of benzene rings is 11. The number of rotatable bonds is 5. The predicted molar refractivity (Wildman–Crippen MR) is 291 cm³/mol. The van der Waals surface area contributed by atoms with E-state index in [2.05, 4.69) is 266 Å². The highest BCUT2D eigenvalue weighted by molar-refractivity contribution is 7.99. The van der Waals surface area contributed by atoms with Crippen molar-refractivity contribution in [3.63, 3.8) is 0 Å². The van der Waals surface area contributed by atoms with Gasteiger partial charge in [0.25, 0.3) is 0 Å². The van der Waals surface area contributed by atoms with E-state index in [0.717, 1.165) is 50.8 Å². The van der Waals surface area contributed by atoms with Crippen LogP contribution >= 0.6 is 11.8 Å². The fourth-order valence-electron chi connectivity index (χ4n) is 12.8. The van der Waals surface area contributed by atoms with E-state index in [1.165, 1.54) is 76.6 Å². The monoisotopic (exact) mass is 921 g/mol. The van der Waals surface area contributed by atoms with Gasteiger partial charge in [0.2, 0.25) is 0 Å². The number of fused-ring (bicyclic) bond motifs is 18. The smallest absolute Gasteiger partial charge is 0.132 e. The van der Waals surface area contributed by atoms with Crippen LogP contribution < -0.4 is 9.64 Å². The van der Waals surface area contributed by atoms with Crippen molar-refractivity contribution in [2.24, 2.45) is 0 Å². The Morgan fingerprint density at radius 1 is 0.282 bits per heavy atom. The second-order valence-corrected chi connectivity index (χ2v) is 20.1. The van der Waals surface area contributed by atoms with Crippen molar-refractivity contribution in [2.75, 3.05) is 4.90 Å². The highest BCUT2D eigenvalue weighted by atomic mass is 32.2. The maximum absolute atomic E-state index is 6.76. The Morgan fingerprint density at radius 2 is 0.718 bits per heavy atom. The van der Waals surface area contributed by atoms with Gasteiger partial charge in [-0.3, -0.25) is 0 Å². The molecule has 0 saturated heterocycles. The zero-order valence-electron chi connectivity index (χ0n) is 38.6. The van der Waals surface area contributed by atoms with Gasteiger partial charge in [0.1, 0.15) is 11.5 Å². The summed E-state index contributed by atoms with van der Waals surface area (Å²) in [5.74, 6) is 1.77. The van der Waals surface area contributed by atoms with E-state index in [4.69, 9.17) is 4.74 Å². The summed E-state index contributed by atoms with van der Waals surface area (Å²) in [6, 6.07) is 96.6. The normalized spacial score (nSPS) is 14.2. The molecule has 0 saturated carbocycles. The van der Waals surface area contributed by atoms with Gasteiger partial charge in [-0.25, -0.2) is 0 Å². The van der Waals surface area contributed by atoms with Crippen LogP contribution in [0.25, 0.3) is 44.5 Å². The van der Waals surface area contributed by atoms with Gasteiger partial charge in [-0.2, -0.15) is 0 Å². The van der Waals surface area contributed by atoms with Crippen molar-refractivity contribution in [1.82, 2.24) is 0 Å². The van der Waals surface area contributed by atoms with Gasteiger partial charge in [0.05, 0.1) is 16.5 Å². The molecule has 11 aromatic carbocycles. The Balaban J connectivity index is 0.994. The van der Waals surface area contributed by atoms with E-state index in [-0.39, 0.29) is 0 Å². The average Bonchev–Trinajstić information content (AvgIpc) is 3.89. The van der Waals surface area contributed by atoms with E-state index in [0.29, 0.717) is 0 Å². The highest BCUT2D eigenvalue weighted by Gasteiger charge is 2.52. The van der Waals surface area contributed by atoms with Crippen LogP contribution in [0.1, 0.15) is 44.5 Å². The maximum atomic E-state index is 6.76. The average molecular weight is 922 g/mol. The summed E-state index contributed by atoms with van der Waals surface area (Å²) in [6.07, 6.45) is 0. The maximum Gasteiger partial charge on any atom is 0.132 e. The molecule has 0 amide bonds. The SMILES string of the molecule is c1ccc(-c2ccc(-c3ccccc3N(c3ccc4c(c3)-c3ccccc3C43c4ccccc4Sc4ccccc43)c3ccc4c(c3)C3(c5ccccc5Oc5ccccc53)c3ccccc3-4)cc2)cc1. The molecule has 2 spiro atoms. The van der Waals surface area contributed by atoms with Gasteiger partial charge in [-0.15, -0.1) is 0 Å². The lowest BCUT2D eigenvalue weighted by Crippen LogP contribution is -2.32. The minimum absolute atomic E-state index is 0.471. The first-order valence-electron chi connectivity index (χ1n) is 24.5. The standard InChI is InChI=1S/C68H43NOS/c1-2-18-44(19-3-1)45-34-36-46(37-35-45)49-20-6-13-29-62(49)69(47-39-41-56-53(42-47)51-22-5-8-24-55(51)67(56)59-27-11-16-32-65(59)71-66-33-17-12-28-60(66)67)48-38-40-52-50-21-4-7-23-54(50)68(61(52)43-48)57-25-9-14-30-63(57)70-64-31-15-10-26-58(64)68/h1-43H. The summed E-state index contributed by atoms with van der Waals surface area (Å²) in [5, 5.41) is 0. The van der Waals surface area contributed by atoms with Crippen molar-refractivity contribution in [3.05, 3.63) is 305 Å². The molecule has 71 heavy (non-hydrogen) atoms. The molecule has 3 heteroatoms. The molecule has 2 nitrogen and oxygen atoms in total. The van der Waals surface area contributed by atoms with Gasteiger partial charge in [0.15, 0.2) is 0 Å². The van der Waals surface area contributed by atoms with E-state index < -0.39 is 10.8 Å². The third-order valence-electron chi connectivity index (χ3n) is 15.6. The second kappa shape index (κ2) is 15.4. The van der Waals surface area contributed by atoms with E-state index in [9.17, 15) is 0 Å². The van der Waals surface area contributed by atoms with Crippen LogP contribution in [0.2, 0.25) is 0 Å². The largest absolute Gasteiger partial charge is 0.457 e. The van der Waals surface area contributed by atoms with Crippen LogP contribution in [-0.2, 0) is 10.8 Å². The fraction of sp³-hybridized carbons (Fsp3) is 0.0294. The fourth-order valence-corrected chi connectivity index (χ4v) is 14.0. The molecule has 0 radical (unpaired) electrons. The Kier molecular flexibility index (Phi) is 8.76. The van der Waals surface area contributed by atoms with Crippen molar-refractivity contribution >= 4 is 28.8 Å². The van der Waals surface area contributed by atoms with Crippen LogP contribution in [0.4, 0.5) is 17.1 Å². The number of hydrogen-bond donors (Lipinski definition) is 0. The minimum Gasteiger partial charge on any atom is -0.457 e. The summed E-state index contributed by atoms with van der Waals surface area (Å²) in [7, 11) is 0. The molecule has 0 N–H and O–H groups in total. The lowest BCUT2D eigenvalue weighted by Gasteiger charge is -2.40. The van der Waals surface area contributed by atoms with Gasteiger partial charge in [-0.05, 0) is 127 Å². The predicted octanol–water partition coefficient (Wildman–Crippen LogP) is 17.8. The number of hydrogen-bond acceptors (Lipinski definition) is 3. The number of anilines is 3. The second-order valence-electron chi connectivity index (χ2n) is 19.0. The third-order valence-corrected chi connectivity index (χ3v) is 16.8. The molecule has 15 rings (SSSR count). The molecule has 0 bridgehead atoms. The molecular formula is C68H43NOS. The van der Waals surface area contributed by atoms with E-state index >= 15 is 0 Å². The molecule has 2 heterocycles. The molecule has 2 aliphatic carbocycles. The molecule has 11 aromatic rings. The summed E-state index contributed by atoms with van der Waals surface area (Å²) in [4.78, 5) is 5.12. The molecule has 0 aromatic heterocycles. The minimum atomic E-state index is -0.616. The van der Waals surface area contributed by atoms with Crippen LogP contribution in [0.15, 0.2) is 271 Å². The quantitative estimate of drug-likeness (QED) is 0.171. The summed E-state index contributed by atoms with van der Waals surface area (Å²) in [5.41, 5.74) is 22.0. The van der Waals surface area contributed by atoms with E-state index in [1.807, 2.05) is 11.8 Å². The Hall–Kier alpha value is -8.63. The Bertz CT molecular complexity index is 3870. The van der Waals surface area contributed by atoms with Crippen molar-refractivity contribution in [1.29, 1.82) is 0 Å². The first kappa shape index (κ1) is 40.3. The molecule has 2 aliphatic heterocycles. The zero-order chi connectivity index (χ0) is 46.7. The van der Waals surface area contributed by atoms with Gasteiger partial charge in [0, 0.05) is 37.9 Å². The first-order valence-corrected chi connectivity index (χ1v) is 25.3. The van der Waals surface area contributed by atoms with Crippen LogP contribution in [0, 0.1) is 0 Å². The van der Waals surface area contributed by atoms with Gasteiger partial charge >= 0.3 is 0 Å². The molecule has 0 unspecified atom stereocenters. The summed E-state index contributed by atoms with van der Waals surface area (Å²) in [6.45, 7) is 0. The summed E-state index contributed by atoms with van der Waals surface area (Å²) >= 11 is 1.88.